The number of ketones is 1. The lowest BCUT2D eigenvalue weighted by Gasteiger charge is -2.07. The summed E-state index contributed by atoms with van der Waals surface area (Å²) in [5, 5.41) is 9.35. The predicted molar refractivity (Wildman–Crippen MR) is 94.0 cm³/mol. The molecule has 122 valence electrons. The van der Waals surface area contributed by atoms with E-state index in [2.05, 4.69) is 15.9 Å². The van der Waals surface area contributed by atoms with Gasteiger partial charge in [-0.15, -0.1) is 0 Å². The lowest BCUT2D eigenvalue weighted by Crippen LogP contribution is -2.03. The summed E-state index contributed by atoms with van der Waals surface area (Å²) in [5.74, 6) is -0.743. The van der Waals surface area contributed by atoms with Crippen molar-refractivity contribution >= 4 is 21.7 Å². The first-order chi connectivity index (χ1) is 11.7. The molecule has 0 N–H and O–H groups in total. The minimum atomic E-state index is -0.575. The van der Waals surface area contributed by atoms with Crippen LogP contribution in [0.25, 0.3) is 0 Å². The summed E-state index contributed by atoms with van der Waals surface area (Å²) < 4.78 is 19.4. The first-order valence-electron chi connectivity index (χ1n) is 7.29. The first kappa shape index (κ1) is 17.9. The largest absolute Gasteiger partial charge is 0.486 e. The number of nitrogens with zero attached hydrogens (tertiary/aromatic N) is 1. The molecule has 0 spiro atoms. The Bertz CT molecular complexity index is 779. The van der Waals surface area contributed by atoms with Gasteiger partial charge in [-0.05, 0) is 23.8 Å². The Balaban J connectivity index is 2.11. The van der Waals surface area contributed by atoms with Gasteiger partial charge >= 0.3 is 0 Å². The van der Waals surface area contributed by atoms with Crippen molar-refractivity contribution in [3.05, 3.63) is 77.1 Å². The lowest BCUT2D eigenvalue weighted by molar-refractivity contribution is 0.103. The topological polar surface area (TPSA) is 50.1 Å². The van der Waals surface area contributed by atoms with Gasteiger partial charge in [0.25, 0.3) is 0 Å². The van der Waals surface area contributed by atoms with E-state index in [9.17, 15) is 9.18 Å². The molecule has 0 bridgehead atoms. The molecule has 3 nitrogen and oxygen atoms in total. The van der Waals surface area contributed by atoms with Gasteiger partial charge < -0.3 is 4.74 Å². The fourth-order valence-electron chi connectivity index (χ4n) is 2.06. The maximum Gasteiger partial charge on any atom is 0.193 e. The zero-order valence-corrected chi connectivity index (χ0v) is 14.4. The number of benzene rings is 2. The van der Waals surface area contributed by atoms with Crippen molar-refractivity contribution in [2.45, 2.75) is 6.42 Å². The van der Waals surface area contributed by atoms with Crippen LogP contribution in [0.2, 0.25) is 0 Å². The second kappa shape index (κ2) is 8.99. The number of alkyl halides is 1. The summed E-state index contributed by atoms with van der Waals surface area (Å²) >= 11 is 3.24. The summed E-state index contributed by atoms with van der Waals surface area (Å²) in [5.41, 5.74) is 1.54. The minimum Gasteiger partial charge on any atom is -0.486 e. The van der Waals surface area contributed by atoms with E-state index < -0.39 is 5.82 Å². The maximum absolute atomic E-state index is 14.1. The third kappa shape index (κ3) is 4.77. The molecule has 2 aromatic carbocycles. The highest BCUT2D eigenvalue weighted by Crippen LogP contribution is 2.20. The van der Waals surface area contributed by atoms with Crippen LogP contribution in [-0.4, -0.2) is 17.7 Å². The molecule has 0 aliphatic rings. The van der Waals surface area contributed by atoms with Crippen LogP contribution < -0.4 is 4.74 Å². The maximum atomic E-state index is 14.1. The van der Waals surface area contributed by atoms with E-state index in [1.807, 2.05) is 12.1 Å². The van der Waals surface area contributed by atoms with E-state index in [1.165, 1.54) is 18.2 Å². The zero-order valence-electron chi connectivity index (χ0n) is 12.8. The minimum absolute atomic E-state index is 0.107. The molecule has 0 saturated heterocycles. The predicted octanol–water partition coefficient (Wildman–Crippen LogP) is 4.45. The third-order valence-corrected chi connectivity index (χ3v) is 3.66. The van der Waals surface area contributed by atoms with Crippen LogP contribution in [0.15, 0.2) is 54.6 Å². The Morgan fingerprint density at radius 3 is 2.50 bits per heavy atom. The molecule has 2 rings (SSSR count). The van der Waals surface area contributed by atoms with Gasteiger partial charge in [0, 0.05) is 16.5 Å². The van der Waals surface area contributed by atoms with Crippen LogP contribution in [0.1, 0.15) is 21.5 Å². The zero-order chi connectivity index (χ0) is 17.4. The summed E-state index contributed by atoms with van der Waals surface area (Å²) in [6.07, 6.45) is 3.92. The van der Waals surface area contributed by atoms with Gasteiger partial charge in [-0.1, -0.05) is 52.3 Å². The molecular weight excluding hydrogens is 373 g/mol. The number of nitriles is 1. The summed E-state index contributed by atoms with van der Waals surface area (Å²) in [4.78, 5) is 12.4. The number of carbonyl (C=O) groups excluding carboxylic acids is 1. The SMILES string of the molecule is N#CCc1ccc(C(=O)c2ccc(OC/C=C/CBr)c(F)c2)cc1. The molecule has 0 atom stereocenters. The van der Waals surface area contributed by atoms with Crippen LogP contribution in [-0.2, 0) is 6.42 Å². The van der Waals surface area contributed by atoms with Crippen LogP contribution >= 0.6 is 15.9 Å². The second-order valence-corrected chi connectivity index (χ2v) is 5.59. The molecule has 0 aliphatic carbocycles. The van der Waals surface area contributed by atoms with Crippen LogP contribution in [0.4, 0.5) is 4.39 Å². The number of rotatable bonds is 7. The molecule has 0 aliphatic heterocycles. The molecule has 24 heavy (non-hydrogen) atoms. The molecule has 0 aromatic heterocycles. The number of ether oxygens (including phenoxy) is 1. The van der Waals surface area contributed by atoms with Crippen LogP contribution in [0.5, 0.6) is 5.75 Å². The molecule has 0 unspecified atom stereocenters. The Morgan fingerprint density at radius 2 is 1.88 bits per heavy atom. The Hall–Kier alpha value is -2.45. The van der Waals surface area contributed by atoms with Crippen LogP contribution in [0.3, 0.4) is 0 Å². The van der Waals surface area contributed by atoms with Gasteiger partial charge in [0.15, 0.2) is 17.3 Å². The fourth-order valence-corrected chi connectivity index (χ4v) is 2.32. The van der Waals surface area contributed by atoms with Crippen LogP contribution in [0, 0.1) is 17.1 Å². The normalized spacial score (nSPS) is 10.5. The van der Waals surface area contributed by atoms with E-state index in [-0.39, 0.29) is 23.7 Å². The Morgan fingerprint density at radius 1 is 1.17 bits per heavy atom. The van der Waals surface area contributed by atoms with Crippen molar-refractivity contribution in [3.8, 4) is 11.8 Å². The average Bonchev–Trinajstić information content (AvgIpc) is 2.60. The van der Waals surface area contributed by atoms with E-state index in [0.29, 0.717) is 17.3 Å². The number of allylic oxidation sites excluding steroid dienone is 1. The van der Waals surface area contributed by atoms with Gasteiger partial charge in [-0.3, -0.25) is 4.79 Å². The highest BCUT2D eigenvalue weighted by molar-refractivity contribution is 9.09. The van der Waals surface area contributed by atoms with Gasteiger partial charge in [0.2, 0.25) is 0 Å². The number of hydrogen-bond acceptors (Lipinski definition) is 3. The van der Waals surface area contributed by atoms with Crippen molar-refractivity contribution in [1.82, 2.24) is 0 Å². The van der Waals surface area contributed by atoms with Gasteiger partial charge in [-0.25, -0.2) is 4.39 Å². The smallest absolute Gasteiger partial charge is 0.193 e. The lowest BCUT2D eigenvalue weighted by atomic mass is 10.0. The number of hydrogen-bond donors (Lipinski definition) is 0. The molecular formula is C19H15BrFNO2. The molecule has 0 fully saturated rings. The molecule has 0 heterocycles. The monoisotopic (exact) mass is 387 g/mol. The summed E-state index contributed by atoms with van der Waals surface area (Å²) in [6, 6.07) is 12.9. The van der Waals surface area contributed by atoms with E-state index >= 15 is 0 Å². The quantitative estimate of drug-likeness (QED) is 0.400. The Kier molecular flexibility index (Phi) is 6.71. The Labute approximate surface area is 148 Å². The first-order valence-corrected chi connectivity index (χ1v) is 8.41. The highest BCUT2D eigenvalue weighted by atomic mass is 79.9. The van der Waals surface area contributed by atoms with Gasteiger partial charge in [0.1, 0.15) is 6.61 Å². The molecule has 5 heteroatoms. The van der Waals surface area contributed by atoms with Crippen molar-refractivity contribution in [2.24, 2.45) is 0 Å². The van der Waals surface area contributed by atoms with E-state index in [4.69, 9.17) is 10.00 Å². The molecule has 0 saturated carbocycles. The number of halogens is 2. The van der Waals surface area contributed by atoms with Gasteiger partial charge in [-0.2, -0.15) is 5.26 Å². The van der Waals surface area contributed by atoms with Crippen molar-refractivity contribution in [2.75, 3.05) is 11.9 Å². The standard InChI is InChI=1S/C19H15BrFNO2/c20-10-1-2-12-24-18-8-7-16(13-17(18)21)19(23)15-5-3-14(4-6-15)9-11-22/h1-8,13H,9-10,12H2/b2-1+. The molecule has 2 aromatic rings. The average molecular weight is 388 g/mol. The second-order valence-electron chi connectivity index (χ2n) is 4.94. The van der Waals surface area contributed by atoms with Crippen molar-refractivity contribution < 1.29 is 13.9 Å². The fraction of sp³-hybridized carbons (Fsp3) is 0.158. The van der Waals surface area contributed by atoms with Gasteiger partial charge in [0.05, 0.1) is 12.5 Å². The molecule has 0 amide bonds. The van der Waals surface area contributed by atoms with E-state index in [0.717, 1.165) is 5.56 Å². The van der Waals surface area contributed by atoms with E-state index in [1.54, 1.807) is 30.3 Å². The third-order valence-electron chi connectivity index (χ3n) is 3.28. The summed E-state index contributed by atoms with van der Waals surface area (Å²) in [6.45, 7) is 0.260. The summed E-state index contributed by atoms with van der Waals surface area (Å²) in [7, 11) is 0. The highest BCUT2D eigenvalue weighted by Gasteiger charge is 2.12. The molecule has 0 radical (unpaired) electrons. The van der Waals surface area contributed by atoms with Crippen molar-refractivity contribution in [3.63, 3.8) is 0 Å². The number of carbonyl (C=O) groups is 1. The van der Waals surface area contributed by atoms with Crippen molar-refractivity contribution in [1.29, 1.82) is 5.26 Å².